The van der Waals surface area contributed by atoms with Crippen molar-refractivity contribution in [2.75, 3.05) is 43.9 Å². The molecule has 41 heavy (non-hydrogen) atoms. The Morgan fingerprint density at radius 1 is 1.02 bits per heavy atom. The van der Waals surface area contributed by atoms with E-state index in [-0.39, 0.29) is 11.3 Å². The van der Waals surface area contributed by atoms with Crippen molar-refractivity contribution in [1.82, 2.24) is 14.4 Å². The standard InChI is InChI=1S/C35H49N5O/c1-8-29-30(36-6)21-28(35(3,4)5)22-31(29)37-24(2)32-20-26-12-11-13-27(33(26)38(32)7)23-39-18-14-25(15-19-39)34(41)40-16-9-10-17-40/h11-13,20-22,25,36-37H,2,8-10,14-19,23H2,1,3-7H3. The van der Waals surface area contributed by atoms with E-state index in [0.717, 1.165) is 81.9 Å². The maximum Gasteiger partial charge on any atom is 0.225 e. The summed E-state index contributed by atoms with van der Waals surface area (Å²) in [5.41, 5.74) is 9.47. The zero-order valence-electron chi connectivity index (χ0n) is 26.1. The molecule has 220 valence electrons. The fraction of sp³-hybridized carbons (Fsp3) is 0.514. The van der Waals surface area contributed by atoms with Crippen LogP contribution in [0.3, 0.4) is 0 Å². The predicted octanol–water partition coefficient (Wildman–Crippen LogP) is 7.00. The fourth-order valence-corrected chi connectivity index (χ4v) is 6.74. The van der Waals surface area contributed by atoms with Crippen LogP contribution in [0.25, 0.3) is 16.6 Å². The fourth-order valence-electron chi connectivity index (χ4n) is 6.74. The van der Waals surface area contributed by atoms with Gasteiger partial charge in [-0.15, -0.1) is 0 Å². The van der Waals surface area contributed by atoms with Crippen molar-refractivity contribution < 1.29 is 4.79 Å². The Balaban J connectivity index is 1.34. The number of para-hydroxylation sites is 1. The second-order valence-electron chi connectivity index (χ2n) is 13.0. The Morgan fingerprint density at radius 3 is 2.34 bits per heavy atom. The van der Waals surface area contributed by atoms with Gasteiger partial charge in [0.25, 0.3) is 0 Å². The van der Waals surface area contributed by atoms with Crippen LogP contribution in [0.4, 0.5) is 11.4 Å². The van der Waals surface area contributed by atoms with Crippen molar-refractivity contribution in [3.8, 4) is 0 Å². The number of carbonyl (C=O) groups is 1. The van der Waals surface area contributed by atoms with Gasteiger partial charge in [0.1, 0.15) is 0 Å². The first-order chi connectivity index (χ1) is 19.6. The molecule has 0 radical (unpaired) electrons. The highest BCUT2D eigenvalue weighted by atomic mass is 16.2. The van der Waals surface area contributed by atoms with E-state index in [4.69, 9.17) is 0 Å². The van der Waals surface area contributed by atoms with Crippen LogP contribution in [0.2, 0.25) is 0 Å². The molecule has 6 nitrogen and oxygen atoms in total. The zero-order chi connectivity index (χ0) is 29.3. The van der Waals surface area contributed by atoms with Gasteiger partial charge in [0.15, 0.2) is 0 Å². The molecule has 2 saturated heterocycles. The van der Waals surface area contributed by atoms with Crippen LogP contribution in [0, 0.1) is 5.92 Å². The molecule has 6 heteroatoms. The number of hydrogen-bond donors (Lipinski definition) is 2. The molecular weight excluding hydrogens is 506 g/mol. The highest BCUT2D eigenvalue weighted by Crippen LogP contribution is 2.36. The number of anilines is 2. The summed E-state index contributed by atoms with van der Waals surface area (Å²) in [5, 5.41) is 8.35. The average Bonchev–Trinajstić information content (AvgIpc) is 3.61. The minimum Gasteiger partial charge on any atom is -0.388 e. The lowest BCUT2D eigenvalue weighted by Gasteiger charge is -2.33. The molecule has 0 aliphatic carbocycles. The summed E-state index contributed by atoms with van der Waals surface area (Å²) in [6.45, 7) is 18.2. The summed E-state index contributed by atoms with van der Waals surface area (Å²) >= 11 is 0. The van der Waals surface area contributed by atoms with Gasteiger partial charge < -0.3 is 20.1 Å². The molecule has 2 aliphatic heterocycles. The number of nitrogens with one attached hydrogen (secondary N) is 2. The van der Waals surface area contributed by atoms with Gasteiger partial charge in [-0.05, 0) is 85.5 Å². The van der Waals surface area contributed by atoms with Gasteiger partial charge >= 0.3 is 0 Å². The van der Waals surface area contributed by atoms with Gasteiger partial charge in [-0.25, -0.2) is 0 Å². The molecule has 0 unspecified atom stereocenters. The molecule has 0 atom stereocenters. The first kappa shape index (κ1) is 29.2. The van der Waals surface area contributed by atoms with Crippen molar-refractivity contribution in [1.29, 1.82) is 0 Å². The number of likely N-dealkylation sites (tertiary alicyclic amines) is 2. The quantitative estimate of drug-likeness (QED) is 0.314. The van der Waals surface area contributed by atoms with Gasteiger partial charge in [0.2, 0.25) is 5.91 Å². The number of carbonyl (C=O) groups excluding carboxylic acids is 1. The van der Waals surface area contributed by atoms with E-state index in [0.29, 0.717) is 5.91 Å². The number of aryl methyl sites for hydroxylation is 1. The second-order valence-corrected chi connectivity index (χ2v) is 13.0. The van der Waals surface area contributed by atoms with E-state index in [1.807, 2.05) is 7.05 Å². The van der Waals surface area contributed by atoms with E-state index >= 15 is 0 Å². The van der Waals surface area contributed by atoms with E-state index < -0.39 is 0 Å². The van der Waals surface area contributed by atoms with E-state index in [1.54, 1.807) is 0 Å². The molecule has 3 aromatic rings. The number of rotatable bonds is 8. The van der Waals surface area contributed by atoms with Gasteiger partial charge in [-0.1, -0.05) is 52.5 Å². The van der Waals surface area contributed by atoms with Gasteiger partial charge in [0.05, 0.1) is 16.9 Å². The minimum atomic E-state index is 0.0418. The van der Waals surface area contributed by atoms with Crippen LogP contribution in [0.5, 0.6) is 0 Å². The smallest absolute Gasteiger partial charge is 0.225 e. The van der Waals surface area contributed by atoms with Crippen molar-refractivity contribution in [2.45, 2.75) is 71.8 Å². The Kier molecular flexibility index (Phi) is 8.51. The van der Waals surface area contributed by atoms with Crippen LogP contribution in [-0.4, -0.2) is 53.5 Å². The largest absolute Gasteiger partial charge is 0.388 e. The first-order valence-corrected chi connectivity index (χ1v) is 15.5. The summed E-state index contributed by atoms with van der Waals surface area (Å²) in [5.74, 6) is 0.591. The topological polar surface area (TPSA) is 52.5 Å². The summed E-state index contributed by atoms with van der Waals surface area (Å²) in [6.07, 6.45) is 5.18. The Hall–Kier alpha value is -3.25. The highest BCUT2D eigenvalue weighted by molar-refractivity contribution is 5.90. The summed E-state index contributed by atoms with van der Waals surface area (Å²) < 4.78 is 2.29. The maximum atomic E-state index is 12.9. The normalized spacial score (nSPS) is 16.9. The molecule has 2 aromatic carbocycles. The predicted molar refractivity (Wildman–Crippen MR) is 173 cm³/mol. The average molecular weight is 556 g/mol. The lowest BCUT2D eigenvalue weighted by atomic mass is 9.85. The first-order valence-electron chi connectivity index (χ1n) is 15.5. The number of hydrogen-bond acceptors (Lipinski definition) is 4. The van der Waals surface area contributed by atoms with Crippen molar-refractivity contribution in [3.63, 3.8) is 0 Å². The lowest BCUT2D eigenvalue weighted by molar-refractivity contribution is -0.136. The molecule has 1 aromatic heterocycles. The molecule has 2 N–H and O–H groups in total. The number of amides is 1. The third-order valence-electron chi connectivity index (χ3n) is 9.22. The number of benzene rings is 2. The van der Waals surface area contributed by atoms with Gasteiger partial charge in [-0.3, -0.25) is 9.69 Å². The lowest BCUT2D eigenvalue weighted by Crippen LogP contribution is -2.41. The van der Waals surface area contributed by atoms with Crippen LogP contribution < -0.4 is 10.6 Å². The molecule has 0 saturated carbocycles. The molecule has 0 spiro atoms. The maximum absolute atomic E-state index is 12.9. The second kappa shape index (κ2) is 11.9. The molecule has 0 bridgehead atoms. The Labute approximate surface area is 246 Å². The molecule has 2 fully saturated rings. The Bertz CT molecular complexity index is 1410. The van der Waals surface area contributed by atoms with Crippen LogP contribution >= 0.6 is 0 Å². The number of nitrogens with zero attached hydrogens (tertiary/aromatic N) is 3. The third-order valence-corrected chi connectivity index (χ3v) is 9.22. The molecular formula is C35H49N5O. The van der Waals surface area contributed by atoms with Crippen LogP contribution in [0.1, 0.15) is 75.8 Å². The SMILES string of the molecule is C=C(Nc1cc(C(C)(C)C)cc(NC)c1CC)c1cc2cccc(CN3CCC(C(=O)N4CCCC4)CC3)c2n1C. The highest BCUT2D eigenvalue weighted by Gasteiger charge is 2.30. The number of fused-ring (bicyclic) bond motifs is 1. The number of aromatic nitrogens is 1. The van der Waals surface area contributed by atoms with E-state index in [2.05, 4.69) is 103 Å². The summed E-state index contributed by atoms with van der Waals surface area (Å²) in [7, 11) is 4.15. The van der Waals surface area contributed by atoms with E-state index in [1.165, 1.54) is 33.3 Å². The monoisotopic (exact) mass is 555 g/mol. The summed E-state index contributed by atoms with van der Waals surface area (Å²) in [4.78, 5) is 17.5. The van der Waals surface area contributed by atoms with Gasteiger partial charge in [0, 0.05) is 56.4 Å². The molecule has 2 aliphatic rings. The minimum absolute atomic E-state index is 0.0418. The Morgan fingerprint density at radius 2 is 1.71 bits per heavy atom. The summed E-state index contributed by atoms with van der Waals surface area (Å²) in [6, 6.07) is 13.5. The molecule has 1 amide bonds. The van der Waals surface area contributed by atoms with Crippen LogP contribution in [0.15, 0.2) is 43.0 Å². The number of piperidine rings is 1. The van der Waals surface area contributed by atoms with Gasteiger partial charge in [-0.2, -0.15) is 0 Å². The van der Waals surface area contributed by atoms with Crippen molar-refractivity contribution in [2.24, 2.45) is 13.0 Å². The van der Waals surface area contributed by atoms with E-state index in [9.17, 15) is 4.79 Å². The zero-order valence-corrected chi connectivity index (χ0v) is 26.1. The molecule has 3 heterocycles. The van der Waals surface area contributed by atoms with Crippen molar-refractivity contribution >= 4 is 33.9 Å². The van der Waals surface area contributed by atoms with Crippen LogP contribution in [-0.2, 0) is 30.2 Å². The molecule has 5 rings (SSSR count). The van der Waals surface area contributed by atoms with Crippen molar-refractivity contribution in [3.05, 3.63) is 65.4 Å². The third kappa shape index (κ3) is 6.04.